The van der Waals surface area contributed by atoms with Crippen LogP contribution < -0.4 is 16.8 Å². The number of hydrogen-bond donors (Lipinski definition) is 3. The van der Waals surface area contributed by atoms with Crippen molar-refractivity contribution in [3.8, 4) is 17.6 Å². The van der Waals surface area contributed by atoms with Gasteiger partial charge in [-0.1, -0.05) is 18.2 Å². The van der Waals surface area contributed by atoms with E-state index in [4.69, 9.17) is 11.5 Å². The number of hydrogen-bond acceptors (Lipinski definition) is 8. The Morgan fingerprint density at radius 1 is 1.21 bits per heavy atom. The predicted molar refractivity (Wildman–Crippen MR) is 119 cm³/mol. The summed E-state index contributed by atoms with van der Waals surface area (Å²) in [6.45, 7) is 0.0250. The van der Waals surface area contributed by atoms with E-state index in [9.17, 15) is 18.8 Å². The lowest BCUT2D eigenvalue weighted by Gasteiger charge is -2.12. The molecule has 0 spiro atoms. The molecule has 1 amide bonds. The van der Waals surface area contributed by atoms with E-state index < -0.39 is 23.0 Å². The standard InChI is InChI=1S/C22H17F2N9O/c23-12-7-13-15(32-33(20(13)28-8-12)9-11-3-1-2-4-14(11)24)19-30-17(26)16(18(27)31-19)29-21(34)22(10-25)5-6-22/h1-4,7-8H,5-6,9H2,(H,29,34)(H4,26,27,30,31). The number of benzene rings is 1. The van der Waals surface area contributed by atoms with Crippen molar-refractivity contribution in [1.29, 1.82) is 5.26 Å². The van der Waals surface area contributed by atoms with Crippen molar-refractivity contribution in [3.05, 3.63) is 53.7 Å². The molecule has 3 aromatic heterocycles. The van der Waals surface area contributed by atoms with E-state index in [2.05, 4.69) is 25.4 Å². The summed E-state index contributed by atoms with van der Waals surface area (Å²) in [5.74, 6) is -1.90. The molecule has 0 atom stereocenters. The van der Waals surface area contributed by atoms with Gasteiger partial charge in [-0.3, -0.25) is 4.79 Å². The molecule has 12 heteroatoms. The predicted octanol–water partition coefficient (Wildman–Crippen LogP) is 2.62. The van der Waals surface area contributed by atoms with E-state index in [0.29, 0.717) is 18.4 Å². The van der Waals surface area contributed by atoms with Crippen LogP contribution in [-0.4, -0.2) is 30.6 Å². The first-order valence-electron chi connectivity index (χ1n) is 10.2. The second kappa shape index (κ2) is 7.73. The number of aromatic nitrogens is 5. The Labute approximate surface area is 191 Å². The Morgan fingerprint density at radius 2 is 1.91 bits per heavy atom. The number of rotatable bonds is 5. The van der Waals surface area contributed by atoms with Crippen molar-refractivity contribution >= 4 is 34.3 Å². The van der Waals surface area contributed by atoms with Crippen LogP contribution in [-0.2, 0) is 11.3 Å². The third-order valence-electron chi connectivity index (χ3n) is 5.65. The van der Waals surface area contributed by atoms with Crippen LogP contribution >= 0.6 is 0 Å². The number of halogens is 2. The van der Waals surface area contributed by atoms with Gasteiger partial charge in [0, 0.05) is 5.56 Å². The van der Waals surface area contributed by atoms with Gasteiger partial charge in [0.15, 0.2) is 23.1 Å². The van der Waals surface area contributed by atoms with Crippen molar-refractivity contribution in [2.75, 3.05) is 16.8 Å². The molecule has 1 aliphatic carbocycles. The molecule has 5 N–H and O–H groups in total. The topological polar surface area (TPSA) is 161 Å². The van der Waals surface area contributed by atoms with Gasteiger partial charge in [0.2, 0.25) is 5.91 Å². The molecule has 0 saturated heterocycles. The van der Waals surface area contributed by atoms with Crippen LogP contribution in [0.25, 0.3) is 22.6 Å². The highest BCUT2D eigenvalue weighted by atomic mass is 19.1. The normalized spacial score (nSPS) is 14.0. The molecule has 170 valence electrons. The van der Waals surface area contributed by atoms with E-state index in [1.807, 2.05) is 6.07 Å². The van der Waals surface area contributed by atoms with Crippen LogP contribution in [0.1, 0.15) is 18.4 Å². The molecular formula is C22H17F2N9O. The maximum atomic E-state index is 14.2. The molecule has 1 aromatic carbocycles. The molecule has 0 unspecified atom stereocenters. The van der Waals surface area contributed by atoms with Crippen LogP contribution in [0.2, 0.25) is 0 Å². The summed E-state index contributed by atoms with van der Waals surface area (Å²) in [5, 5.41) is 16.4. The highest BCUT2D eigenvalue weighted by molar-refractivity contribution is 6.03. The summed E-state index contributed by atoms with van der Waals surface area (Å²) < 4.78 is 29.6. The fraction of sp³-hybridized carbons (Fsp3) is 0.182. The lowest BCUT2D eigenvalue weighted by molar-refractivity contribution is -0.119. The number of nitrogens with zero attached hydrogens (tertiary/aromatic N) is 6. The summed E-state index contributed by atoms with van der Waals surface area (Å²) in [6, 6.07) is 9.37. The van der Waals surface area contributed by atoms with Gasteiger partial charge in [-0.15, -0.1) is 0 Å². The summed E-state index contributed by atoms with van der Waals surface area (Å²) >= 11 is 0. The number of anilines is 3. The number of fused-ring (bicyclic) bond motifs is 1. The Hall–Kier alpha value is -4.66. The van der Waals surface area contributed by atoms with Crippen LogP contribution in [0, 0.1) is 28.4 Å². The minimum Gasteiger partial charge on any atom is -0.382 e. The second-order valence-electron chi connectivity index (χ2n) is 7.96. The lowest BCUT2D eigenvalue weighted by Crippen LogP contribution is -2.24. The van der Waals surface area contributed by atoms with Gasteiger partial charge >= 0.3 is 0 Å². The Morgan fingerprint density at radius 3 is 2.56 bits per heavy atom. The van der Waals surface area contributed by atoms with Crippen molar-refractivity contribution in [3.63, 3.8) is 0 Å². The van der Waals surface area contributed by atoms with Gasteiger partial charge in [0.05, 0.1) is 24.2 Å². The first-order valence-corrected chi connectivity index (χ1v) is 10.2. The van der Waals surface area contributed by atoms with Gasteiger partial charge in [-0.2, -0.15) is 10.4 Å². The molecule has 5 rings (SSSR count). The van der Waals surface area contributed by atoms with Crippen LogP contribution in [0.5, 0.6) is 0 Å². The highest BCUT2D eigenvalue weighted by Crippen LogP contribution is 2.46. The average Bonchev–Trinajstić information content (AvgIpc) is 3.54. The lowest BCUT2D eigenvalue weighted by atomic mass is 10.1. The largest absolute Gasteiger partial charge is 0.382 e. The van der Waals surface area contributed by atoms with Gasteiger partial charge in [-0.25, -0.2) is 28.4 Å². The Kier molecular flexibility index (Phi) is 4.82. The smallest absolute Gasteiger partial charge is 0.245 e. The maximum absolute atomic E-state index is 14.2. The molecule has 1 fully saturated rings. The maximum Gasteiger partial charge on any atom is 0.245 e. The highest BCUT2D eigenvalue weighted by Gasteiger charge is 2.51. The van der Waals surface area contributed by atoms with Crippen molar-refractivity contribution in [2.24, 2.45) is 5.41 Å². The molecule has 0 bridgehead atoms. The third-order valence-corrected chi connectivity index (χ3v) is 5.65. The second-order valence-corrected chi connectivity index (χ2v) is 7.96. The molecule has 10 nitrogen and oxygen atoms in total. The molecule has 1 saturated carbocycles. The van der Waals surface area contributed by atoms with E-state index in [-0.39, 0.29) is 46.4 Å². The Balaban J connectivity index is 1.56. The van der Waals surface area contributed by atoms with Gasteiger partial charge in [-0.05, 0) is 25.0 Å². The summed E-state index contributed by atoms with van der Waals surface area (Å²) in [5.41, 5.74) is 11.7. The minimum atomic E-state index is -1.09. The first kappa shape index (κ1) is 21.2. The number of carbonyl (C=O) groups excluding carboxylic acids is 1. The SMILES string of the molecule is N#CC1(C(=O)Nc2c(N)nc(-c3nn(Cc4ccccc4F)c4ncc(F)cc34)nc2N)CC1. The first-order chi connectivity index (χ1) is 16.3. The molecule has 4 aromatic rings. The zero-order chi connectivity index (χ0) is 24.0. The zero-order valence-corrected chi connectivity index (χ0v) is 17.6. The van der Waals surface area contributed by atoms with E-state index in [1.54, 1.807) is 18.2 Å². The minimum absolute atomic E-state index is 0.0188. The number of amides is 1. The summed E-state index contributed by atoms with van der Waals surface area (Å²) in [4.78, 5) is 24.9. The van der Waals surface area contributed by atoms with Crippen LogP contribution in [0.4, 0.5) is 26.1 Å². The summed E-state index contributed by atoms with van der Waals surface area (Å²) in [7, 11) is 0. The quantitative estimate of drug-likeness (QED) is 0.409. The number of nitriles is 1. The van der Waals surface area contributed by atoms with E-state index >= 15 is 0 Å². The van der Waals surface area contributed by atoms with E-state index in [1.165, 1.54) is 16.8 Å². The molecular weight excluding hydrogens is 444 g/mol. The van der Waals surface area contributed by atoms with Crippen molar-refractivity contribution < 1.29 is 13.6 Å². The summed E-state index contributed by atoms with van der Waals surface area (Å²) in [6.07, 6.45) is 1.91. The number of carbonyl (C=O) groups is 1. The van der Waals surface area contributed by atoms with E-state index in [0.717, 1.165) is 6.20 Å². The Bertz CT molecular complexity index is 1480. The fourth-order valence-corrected chi connectivity index (χ4v) is 3.58. The van der Waals surface area contributed by atoms with Gasteiger partial charge in [0.1, 0.15) is 28.4 Å². The fourth-order valence-electron chi connectivity index (χ4n) is 3.58. The molecule has 1 aliphatic rings. The third kappa shape index (κ3) is 3.53. The number of nitrogens with one attached hydrogen (secondary N) is 1. The average molecular weight is 461 g/mol. The number of nitrogen functional groups attached to an aromatic ring is 2. The molecule has 0 aliphatic heterocycles. The molecule has 34 heavy (non-hydrogen) atoms. The van der Waals surface area contributed by atoms with Crippen LogP contribution in [0.3, 0.4) is 0 Å². The molecule has 3 heterocycles. The van der Waals surface area contributed by atoms with Crippen LogP contribution in [0.15, 0.2) is 36.5 Å². The monoisotopic (exact) mass is 461 g/mol. The number of pyridine rings is 1. The zero-order valence-electron chi connectivity index (χ0n) is 17.6. The van der Waals surface area contributed by atoms with Gasteiger partial charge < -0.3 is 16.8 Å². The van der Waals surface area contributed by atoms with Gasteiger partial charge in [0.25, 0.3) is 0 Å². The van der Waals surface area contributed by atoms with Crippen molar-refractivity contribution in [1.82, 2.24) is 24.7 Å². The molecule has 0 radical (unpaired) electrons. The number of nitrogens with two attached hydrogens (primary N) is 2. The van der Waals surface area contributed by atoms with Crippen molar-refractivity contribution in [2.45, 2.75) is 19.4 Å².